The molecule has 0 radical (unpaired) electrons. The van der Waals surface area contributed by atoms with Crippen molar-refractivity contribution in [1.82, 2.24) is 0 Å². The molecule has 0 spiro atoms. The lowest BCUT2D eigenvalue weighted by atomic mass is 9.70. The number of carbonyl (C=O) groups excluding carboxylic acids is 1. The van der Waals surface area contributed by atoms with E-state index in [0.717, 1.165) is 18.8 Å². The maximum absolute atomic E-state index is 11.4. The molecule has 0 aliphatic heterocycles. The summed E-state index contributed by atoms with van der Waals surface area (Å²) in [4.78, 5) is 11.4. The van der Waals surface area contributed by atoms with Crippen molar-refractivity contribution in [3.8, 4) is 0 Å². The van der Waals surface area contributed by atoms with E-state index in [1.165, 1.54) is 7.11 Å². The molecular formula is C11H20O2. The van der Waals surface area contributed by atoms with E-state index in [4.69, 9.17) is 4.74 Å². The number of rotatable bonds is 1. The molecule has 1 fully saturated rings. The number of hydrogen-bond acceptors (Lipinski definition) is 2. The van der Waals surface area contributed by atoms with Gasteiger partial charge >= 0.3 is 5.97 Å². The lowest BCUT2D eigenvalue weighted by Gasteiger charge is -2.35. The number of methoxy groups -OCH3 is 1. The van der Waals surface area contributed by atoms with Gasteiger partial charge in [0.1, 0.15) is 0 Å². The molecule has 76 valence electrons. The lowest BCUT2D eigenvalue weighted by molar-refractivity contribution is -0.149. The van der Waals surface area contributed by atoms with Crippen LogP contribution in [0.1, 0.15) is 33.6 Å². The van der Waals surface area contributed by atoms with Crippen LogP contribution in [0.25, 0.3) is 0 Å². The number of ether oxygens (including phenoxy) is 1. The van der Waals surface area contributed by atoms with E-state index >= 15 is 0 Å². The van der Waals surface area contributed by atoms with Gasteiger partial charge in [-0.2, -0.15) is 0 Å². The van der Waals surface area contributed by atoms with Gasteiger partial charge in [-0.25, -0.2) is 0 Å². The zero-order valence-corrected chi connectivity index (χ0v) is 9.04. The molecule has 0 heterocycles. The molecule has 13 heavy (non-hydrogen) atoms. The molecular weight excluding hydrogens is 164 g/mol. The Morgan fingerprint density at radius 2 is 1.62 bits per heavy atom. The second-order valence-electron chi connectivity index (χ2n) is 4.53. The largest absolute Gasteiger partial charge is 0.469 e. The van der Waals surface area contributed by atoms with Crippen molar-refractivity contribution in [2.75, 3.05) is 7.11 Å². The van der Waals surface area contributed by atoms with E-state index in [2.05, 4.69) is 20.8 Å². The molecule has 4 atom stereocenters. The Hall–Kier alpha value is -0.530. The van der Waals surface area contributed by atoms with E-state index in [1.807, 2.05) is 0 Å². The van der Waals surface area contributed by atoms with E-state index in [-0.39, 0.29) is 11.9 Å². The van der Waals surface area contributed by atoms with Crippen LogP contribution in [0.5, 0.6) is 0 Å². The van der Waals surface area contributed by atoms with Crippen LogP contribution in [-0.4, -0.2) is 13.1 Å². The topological polar surface area (TPSA) is 26.3 Å². The van der Waals surface area contributed by atoms with Gasteiger partial charge in [-0.3, -0.25) is 4.79 Å². The van der Waals surface area contributed by atoms with Crippen LogP contribution in [0.4, 0.5) is 0 Å². The van der Waals surface area contributed by atoms with Crippen molar-refractivity contribution in [1.29, 1.82) is 0 Å². The summed E-state index contributed by atoms with van der Waals surface area (Å²) in [6.07, 6.45) is 2.15. The first-order chi connectivity index (χ1) is 6.06. The van der Waals surface area contributed by atoms with Crippen LogP contribution < -0.4 is 0 Å². The molecule has 1 aliphatic carbocycles. The summed E-state index contributed by atoms with van der Waals surface area (Å²) in [5.74, 6) is 2.00. The summed E-state index contributed by atoms with van der Waals surface area (Å²) in [6, 6.07) is 0. The summed E-state index contributed by atoms with van der Waals surface area (Å²) in [5.41, 5.74) is 0. The predicted molar refractivity (Wildman–Crippen MR) is 52.2 cm³/mol. The van der Waals surface area contributed by atoms with Gasteiger partial charge in [-0.1, -0.05) is 20.8 Å². The summed E-state index contributed by atoms with van der Waals surface area (Å²) < 4.78 is 4.80. The predicted octanol–water partition coefficient (Wildman–Crippen LogP) is 2.48. The molecule has 1 rings (SSSR count). The molecule has 1 aliphatic rings. The Morgan fingerprint density at radius 1 is 1.08 bits per heavy atom. The molecule has 0 aromatic heterocycles. The quantitative estimate of drug-likeness (QED) is 0.585. The monoisotopic (exact) mass is 184 g/mol. The molecule has 0 aromatic rings. The second-order valence-corrected chi connectivity index (χ2v) is 4.53. The highest BCUT2D eigenvalue weighted by Crippen LogP contribution is 2.37. The minimum Gasteiger partial charge on any atom is -0.469 e. The van der Waals surface area contributed by atoms with Crippen molar-refractivity contribution in [3.63, 3.8) is 0 Å². The summed E-state index contributed by atoms with van der Waals surface area (Å²) in [7, 11) is 1.48. The van der Waals surface area contributed by atoms with Gasteiger partial charge in [0.05, 0.1) is 13.0 Å². The highest BCUT2D eigenvalue weighted by molar-refractivity contribution is 5.72. The third kappa shape index (κ3) is 2.23. The molecule has 2 nitrogen and oxygen atoms in total. The average Bonchev–Trinajstić information content (AvgIpc) is 2.10. The number of hydrogen-bond donors (Lipinski definition) is 0. The van der Waals surface area contributed by atoms with E-state index in [9.17, 15) is 4.79 Å². The zero-order valence-electron chi connectivity index (χ0n) is 9.04. The van der Waals surface area contributed by atoms with E-state index in [1.54, 1.807) is 0 Å². The van der Waals surface area contributed by atoms with E-state index in [0.29, 0.717) is 11.8 Å². The first-order valence-electron chi connectivity index (χ1n) is 5.14. The Balaban J connectivity index is 2.61. The minimum atomic E-state index is -0.0220. The van der Waals surface area contributed by atoms with Gasteiger partial charge < -0.3 is 4.74 Å². The van der Waals surface area contributed by atoms with Gasteiger partial charge in [0.2, 0.25) is 0 Å². The number of esters is 1. The Bertz CT molecular complexity index is 189. The highest BCUT2D eigenvalue weighted by Gasteiger charge is 2.35. The Kier molecular flexibility index (Phi) is 3.34. The van der Waals surface area contributed by atoms with Crippen LogP contribution in [0.15, 0.2) is 0 Å². The van der Waals surface area contributed by atoms with Gasteiger partial charge in [0, 0.05) is 0 Å². The van der Waals surface area contributed by atoms with Crippen molar-refractivity contribution in [3.05, 3.63) is 0 Å². The van der Waals surface area contributed by atoms with Crippen molar-refractivity contribution >= 4 is 5.97 Å². The fraction of sp³-hybridized carbons (Fsp3) is 0.909. The molecule has 2 heteroatoms. The lowest BCUT2D eigenvalue weighted by Crippen LogP contribution is -2.33. The maximum Gasteiger partial charge on any atom is 0.308 e. The molecule has 0 aromatic carbocycles. The standard InChI is InChI=1S/C11H20O2/c1-7-5-9(3)10(6-8(7)2)11(12)13-4/h7-10H,5-6H2,1-4H3/t7-,8-,9+,10-/m0/s1. The average molecular weight is 184 g/mol. The number of carbonyl (C=O) groups is 1. The SMILES string of the molecule is COC(=O)[C@H]1C[C@H](C)[C@@H](C)C[C@H]1C. The first-order valence-corrected chi connectivity index (χ1v) is 5.14. The van der Waals surface area contributed by atoms with Crippen molar-refractivity contribution in [2.24, 2.45) is 23.7 Å². The highest BCUT2D eigenvalue weighted by atomic mass is 16.5. The van der Waals surface area contributed by atoms with Gasteiger partial charge in [-0.05, 0) is 30.6 Å². The van der Waals surface area contributed by atoms with Gasteiger partial charge in [0.15, 0.2) is 0 Å². The molecule has 1 saturated carbocycles. The van der Waals surface area contributed by atoms with Crippen LogP contribution in [0.3, 0.4) is 0 Å². The van der Waals surface area contributed by atoms with Gasteiger partial charge in [0.25, 0.3) is 0 Å². The fourth-order valence-electron chi connectivity index (χ4n) is 2.33. The van der Waals surface area contributed by atoms with Crippen LogP contribution in [0, 0.1) is 23.7 Å². The third-order valence-electron chi connectivity index (χ3n) is 3.53. The molecule has 0 N–H and O–H groups in total. The Labute approximate surface area is 80.7 Å². The van der Waals surface area contributed by atoms with Crippen molar-refractivity contribution in [2.45, 2.75) is 33.6 Å². The second kappa shape index (κ2) is 4.12. The molecule has 0 saturated heterocycles. The first kappa shape index (κ1) is 10.6. The smallest absolute Gasteiger partial charge is 0.308 e. The van der Waals surface area contributed by atoms with Crippen molar-refractivity contribution < 1.29 is 9.53 Å². The molecule has 0 bridgehead atoms. The van der Waals surface area contributed by atoms with Crippen LogP contribution in [0.2, 0.25) is 0 Å². The Morgan fingerprint density at radius 3 is 2.15 bits per heavy atom. The molecule has 0 amide bonds. The molecule has 0 unspecified atom stereocenters. The minimum absolute atomic E-state index is 0.0220. The summed E-state index contributed by atoms with van der Waals surface area (Å²) >= 11 is 0. The summed E-state index contributed by atoms with van der Waals surface area (Å²) in [6.45, 7) is 6.66. The maximum atomic E-state index is 11.4. The third-order valence-corrected chi connectivity index (χ3v) is 3.53. The van der Waals surface area contributed by atoms with E-state index < -0.39 is 0 Å². The fourth-order valence-corrected chi connectivity index (χ4v) is 2.33. The summed E-state index contributed by atoms with van der Waals surface area (Å²) in [5, 5.41) is 0. The van der Waals surface area contributed by atoms with Crippen LogP contribution in [-0.2, 0) is 9.53 Å². The van der Waals surface area contributed by atoms with Crippen LogP contribution >= 0.6 is 0 Å². The normalized spacial score (nSPS) is 40.0. The zero-order chi connectivity index (χ0) is 10.0. The van der Waals surface area contributed by atoms with Gasteiger partial charge in [-0.15, -0.1) is 0 Å².